The van der Waals surface area contributed by atoms with Gasteiger partial charge < -0.3 is 15.0 Å². The minimum absolute atomic E-state index is 0.339. The number of H-pyrrole nitrogens is 1. The van der Waals surface area contributed by atoms with Gasteiger partial charge in [-0.2, -0.15) is 0 Å². The van der Waals surface area contributed by atoms with E-state index in [1.165, 1.54) is 0 Å². The molecule has 0 aliphatic heterocycles. The Labute approximate surface area is 167 Å². The number of nitrogens with one attached hydrogen (secondary N) is 2. The first-order chi connectivity index (χ1) is 14.1. The highest BCUT2D eigenvalue weighted by molar-refractivity contribution is 6.00. The van der Waals surface area contributed by atoms with E-state index in [2.05, 4.69) is 15.3 Å². The molecule has 0 aliphatic carbocycles. The number of ether oxygens (including phenoxy) is 1. The van der Waals surface area contributed by atoms with Crippen LogP contribution < -0.4 is 5.32 Å². The molecular formula is C23H19N3O3. The highest BCUT2D eigenvalue weighted by Gasteiger charge is 2.22. The van der Waals surface area contributed by atoms with Gasteiger partial charge >= 0.3 is 5.97 Å². The van der Waals surface area contributed by atoms with Crippen molar-refractivity contribution in [2.75, 3.05) is 5.32 Å². The van der Waals surface area contributed by atoms with Gasteiger partial charge in [0.05, 0.1) is 16.6 Å². The van der Waals surface area contributed by atoms with Crippen LogP contribution in [0.3, 0.4) is 0 Å². The Hall–Kier alpha value is -3.93. The van der Waals surface area contributed by atoms with Crippen molar-refractivity contribution in [3.05, 3.63) is 84.4 Å². The molecule has 0 bridgehead atoms. The minimum Gasteiger partial charge on any atom is -0.449 e. The number of hydrogen-bond donors (Lipinski definition) is 2. The van der Waals surface area contributed by atoms with E-state index in [1.807, 2.05) is 48.5 Å². The molecule has 1 amide bonds. The lowest BCUT2D eigenvalue weighted by Crippen LogP contribution is -2.30. The number of anilines is 1. The highest BCUT2D eigenvalue weighted by atomic mass is 16.5. The van der Waals surface area contributed by atoms with Crippen molar-refractivity contribution in [1.82, 2.24) is 9.97 Å². The first-order valence-electron chi connectivity index (χ1n) is 9.23. The predicted molar refractivity (Wildman–Crippen MR) is 111 cm³/mol. The molecule has 0 radical (unpaired) electrons. The number of hydrogen-bond acceptors (Lipinski definition) is 4. The van der Waals surface area contributed by atoms with Gasteiger partial charge in [-0.05, 0) is 37.3 Å². The fraction of sp³-hybridized carbons (Fsp3) is 0.0870. The molecule has 1 aromatic heterocycles. The largest absolute Gasteiger partial charge is 0.449 e. The Morgan fingerprint density at radius 1 is 0.931 bits per heavy atom. The molecule has 144 valence electrons. The van der Waals surface area contributed by atoms with Crippen LogP contribution in [0.5, 0.6) is 0 Å². The van der Waals surface area contributed by atoms with Crippen LogP contribution in [0.25, 0.3) is 22.4 Å². The molecule has 1 atom stereocenters. The fourth-order valence-corrected chi connectivity index (χ4v) is 2.99. The normalized spacial score (nSPS) is 11.8. The smallest absolute Gasteiger partial charge is 0.339 e. The van der Waals surface area contributed by atoms with Gasteiger partial charge in [-0.25, -0.2) is 9.78 Å². The summed E-state index contributed by atoms with van der Waals surface area (Å²) in [6.45, 7) is 1.54. The molecule has 0 spiro atoms. The summed E-state index contributed by atoms with van der Waals surface area (Å²) in [5.41, 5.74) is 3.28. The van der Waals surface area contributed by atoms with E-state index in [9.17, 15) is 9.59 Å². The van der Waals surface area contributed by atoms with Crippen molar-refractivity contribution in [3.8, 4) is 11.4 Å². The molecule has 6 nitrogen and oxygen atoms in total. The third-order valence-electron chi connectivity index (χ3n) is 4.49. The number of aromatic amines is 1. The van der Waals surface area contributed by atoms with Gasteiger partial charge in [0, 0.05) is 11.3 Å². The average Bonchev–Trinajstić information content (AvgIpc) is 3.18. The van der Waals surface area contributed by atoms with Crippen LogP contribution in [0.2, 0.25) is 0 Å². The molecule has 3 aromatic carbocycles. The maximum Gasteiger partial charge on any atom is 0.339 e. The van der Waals surface area contributed by atoms with Gasteiger partial charge in [-0.3, -0.25) is 4.79 Å². The number of imidazole rings is 1. The number of carbonyl (C=O) groups is 2. The molecule has 4 aromatic rings. The van der Waals surface area contributed by atoms with Gasteiger partial charge in [0.25, 0.3) is 5.91 Å². The molecule has 6 heteroatoms. The Bertz CT molecular complexity index is 1140. The summed E-state index contributed by atoms with van der Waals surface area (Å²) in [7, 11) is 0. The number of amides is 1. The average molecular weight is 385 g/mol. The number of esters is 1. The van der Waals surface area contributed by atoms with Crippen molar-refractivity contribution in [3.63, 3.8) is 0 Å². The second-order valence-electron chi connectivity index (χ2n) is 6.55. The number of para-hydroxylation sites is 3. The molecule has 4 rings (SSSR count). The molecular weight excluding hydrogens is 366 g/mol. The third-order valence-corrected chi connectivity index (χ3v) is 4.49. The molecule has 29 heavy (non-hydrogen) atoms. The van der Waals surface area contributed by atoms with Crippen LogP contribution in [0, 0.1) is 0 Å². The van der Waals surface area contributed by atoms with E-state index < -0.39 is 18.0 Å². The fourth-order valence-electron chi connectivity index (χ4n) is 2.99. The minimum atomic E-state index is -0.952. The molecule has 1 heterocycles. The zero-order valence-corrected chi connectivity index (χ0v) is 15.8. The Balaban J connectivity index is 1.54. The van der Waals surface area contributed by atoms with E-state index >= 15 is 0 Å². The number of benzene rings is 3. The third kappa shape index (κ3) is 4.01. The van der Waals surface area contributed by atoms with Crippen molar-refractivity contribution in [2.45, 2.75) is 13.0 Å². The molecule has 2 N–H and O–H groups in total. The van der Waals surface area contributed by atoms with Crippen LogP contribution in [-0.4, -0.2) is 27.9 Å². The first-order valence-corrected chi connectivity index (χ1v) is 9.23. The topological polar surface area (TPSA) is 84.1 Å². The van der Waals surface area contributed by atoms with Gasteiger partial charge in [-0.1, -0.05) is 48.5 Å². The van der Waals surface area contributed by atoms with Crippen LogP contribution in [0.1, 0.15) is 17.3 Å². The van der Waals surface area contributed by atoms with Crippen LogP contribution in [0.15, 0.2) is 78.9 Å². The van der Waals surface area contributed by atoms with Crippen molar-refractivity contribution in [2.24, 2.45) is 0 Å². The lowest BCUT2D eigenvalue weighted by atomic mass is 10.1. The summed E-state index contributed by atoms with van der Waals surface area (Å²) in [6.07, 6.45) is -0.952. The summed E-state index contributed by atoms with van der Waals surface area (Å²) in [5, 5.41) is 2.73. The number of nitrogens with zero attached hydrogens (tertiary/aromatic N) is 1. The molecule has 1 unspecified atom stereocenters. The van der Waals surface area contributed by atoms with Gasteiger partial charge in [0.15, 0.2) is 6.10 Å². The van der Waals surface area contributed by atoms with E-state index in [4.69, 9.17) is 4.74 Å². The maximum atomic E-state index is 12.8. The Morgan fingerprint density at radius 2 is 1.62 bits per heavy atom. The van der Waals surface area contributed by atoms with Gasteiger partial charge in [0.1, 0.15) is 5.82 Å². The van der Waals surface area contributed by atoms with Crippen molar-refractivity contribution in [1.29, 1.82) is 0 Å². The lowest BCUT2D eigenvalue weighted by molar-refractivity contribution is -0.123. The van der Waals surface area contributed by atoms with E-state index in [-0.39, 0.29) is 0 Å². The molecule has 0 fully saturated rings. The van der Waals surface area contributed by atoms with E-state index in [1.54, 1.807) is 37.3 Å². The van der Waals surface area contributed by atoms with Gasteiger partial charge in [0.2, 0.25) is 0 Å². The number of fused-ring (bicyclic) bond motifs is 1. The molecule has 0 saturated heterocycles. The number of aromatic nitrogens is 2. The number of rotatable bonds is 5. The summed E-state index contributed by atoms with van der Waals surface area (Å²) in [6, 6.07) is 23.7. The first kappa shape index (κ1) is 18.4. The summed E-state index contributed by atoms with van der Waals surface area (Å²) >= 11 is 0. The second kappa shape index (κ2) is 7.98. The SMILES string of the molecule is CC(OC(=O)c1ccccc1-c1nc2ccccc2[nH]1)C(=O)Nc1ccccc1. The zero-order valence-electron chi connectivity index (χ0n) is 15.8. The predicted octanol–water partition coefficient (Wildman–Crippen LogP) is 4.41. The Morgan fingerprint density at radius 3 is 2.41 bits per heavy atom. The quantitative estimate of drug-likeness (QED) is 0.498. The number of carbonyl (C=O) groups excluding carboxylic acids is 2. The summed E-state index contributed by atoms with van der Waals surface area (Å²) < 4.78 is 5.41. The van der Waals surface area contributed by atoms with Crippen molar-refractivity contribution >= 4 is 28.6 Å². The molecule has 0 saturated carbocycles. The second-order valence-corrected chi connectivity index (χ2v) is 6.55. The zero-order chi connectivity index (χ0) is 20.2. The van der Waals surface area contributed by atoms with Crippen LogP contribution in [0.4, 0.5) is 5.69 Å². The van der Waals surface area contributed by atoms with Gasteiger partial charge in [-0.15, -0.1) is 0 Å². The van der Waals surface area contributed by atoms with E-state index in [0.717, 1.165) is 11.0 Å². The lowest BCUT2D eigenvalue weighted by Gasteiger charge is -2.14. The Kier molecular flexibility index (Phi) is 5.07. The van der Waals surface area contributed by atoms with Crippen LogP contribution in [-0.2, 0) is 9.53 Å². The standard InChI is InChI=1S/C23H19N3O3/c1-15(22(27)24-16-9-3-2-4-10-16)29-23(28)18-12-6-5-11-17(18)21-25-19-13-7-8-14-20(19)26-21/h2-15H,1H3,(H,24,27)(H,25,26). The van der Waals surface area contributed by atoms with Crippen molar-refractivity contribution < 1.29 is 14.3 Å². The van der Waals surface area contributed by atoms with Crippen LogP contribution >= 0.6 is 0 Å². The maximum absolute atomic E-state index is 12.8. The van der Waals surface area contributed by atoms with E-state index in [0.29, 0.717) is 22.6 Å². The molecule has 0 aliphatic rings. The highest BCUT2D eigenvalue weighted by Crippen LogP contribution is 2.25. The monoisotopic (exact) mass is 385 g/mol. The summed E-state index contributed by atoms with van der Waals surface area (Å²) in [5.74, 6) is -0.414. The summed E-state index contributed by atoms with van der Waals surface area (Å²) in [4.78, 5) is 32.9.